The third kappa shape index (κ3) is 1.14. The Morgan fingerprint density at radius 2 is 2.46 bits per heavy atom. The van der Waals surface area contributed by atoms with Crippen LogP contribution in [-0.2, 0) is 7.05 Å². The number of furan rings is 1. The second kappa shape index (κ2) is 2.85. The van der Waals surface area contributed by atoms with Gasteiger partial charge in [0.05, 0.1) is 11.8 Å². The van der Waals surface area contributed by atoms with Crippen LogP contribution < -0.4 is 0 Å². The summed E-state index contributed by atoms with van der Waals surface area (Å²) in [6.45, 7) is 0. The maximum absolute atomic E-state index is 10.5. The number of nitrogens with zero attached hydrogens (tertiary/aromatic N) is 3. The van der Waals surface area contributed by atoms with E-state index in [1.165, 1.54) is 12.6 Å². The Kier molecular flexibility index (Phi) is 1.70. The van der Waals surface area contributed by atoms with Crippen molar-refractivity contribution in [2.75, 3.05) is 0 Å². The van der Waals surface area contributed by atoms with E-state index in [1.54, 1.807) is 17.8 Å². The van der Waals surface area contributed by atoms with E-state index in [1.807, 2.05) is 0 Å². The molecular weight excluding hydrogens is 170 g/mol. The molecule has 0 unspecified atom stereocenters. The zero-order valence-corrected chi connectivity index (χ0v) is 6.97. The van der Waals surface area contributed by atoms with Gasteiger partial charge >= 0.3 is 0 Å². The quantitative estimate of drug-likeness (QED) is 0.639. The SMILES string of the molecule is Cn1ncnc1-c1ccoc1C=O. The van der Waals surface area contributed by atoms with Crippen molar-refractivity contribution < 1.29 is 9.21 Å². The Labute approximate surface area is 74.0 Å². The lowest BCUT2D eigenvalue weighted by Gasteiger charge is -1.95. The molecule has 2 aromatic heterocycles. The minimum atomic E-state index is 0.274. The van der Waals surface area contributed by atoms with E-state index in [0.29, 0.717) is 17.7 Å². The molecule has 0 aliphatic rings. The second-order valence-corrected chi connectivity index (χ2v) is 2.52. The molecule has 0 amide bonds. The van der Waals surface area contributed by atoms with Crippen molar-refractivity contribution in [2.45, 2.75) is 0 Å². The van der Waals surface area contributed by atoms with Crippen LogP contribution in [-0.4, -0.2) is 21.1 Å². The van der Waals surface area contributed by atoms with E-state index in [0.717, 1.165) is 0 Å². The number of hydrogen-bond acceptors (Lipinski definition) is 4. The summed E-state index contributed by atoms with van der Waals surface area (Å²) in [7, 11) is 1.75. The lowest BCUT2D eigenvalue weighted by atomic mass is 10.2. The third-order valence-electron chi connectivity index (χ3n) is 1.75. The van der Waals surface area contributed by atoms with Crippen molar-refractivity contribution in [2.24, 2.45) is 7.05 Å². The molecule has 2 heterocycles. The van der Waals surface area contributed by atoms with Crippen LogP contribution in [0.25, 0.3) is 11.4 Å². The van der Waals surface area contributed by atoms with Gasteiger partial charge in [0.15, 0.2) is 17.9 Å². The van der Waals surface area contributed by atoms with E-state index in [-0.39, 0.29) is 5.76 Å². The molecule has 13 heavy (non-hydrogen) atoms. The number of rotatable bonds is 2. The van der Waals surface area contributed by atoms with Crippen molar-refractivity contribution in [1.82, 2.24) is 14.8 Å². The summed E-state index contributed by atoms with van der Waals surface area (Å²) in [4.78, 5) is 14.5. The summed E-state index contributed by atoms with van der Waals surface area (Å²) >= 11 is 0. The van der Waals surface area contributed by atoms with Crippen molar-refractivity contribution in [3.63, 3.8) is 0 Å². The average Bonchev–Trinajstić information content (AvgIpc) is 2.71. The molecule has 0 N–H and O–H groups in total. The summed E-state index contributed by atoms with van der Waals surface area (Å²) in [5, 5.41) is 3.90. The first-order chi connectivity index (χ1) is 6.33. The van der Waals surface area contributed by atoms with Crippen LogP contribution in [0, 0.1) is 0 Å². The van der Waals surface area contributed by atoms with Gasteiger partial charge in [-0.3, -0.25) is 4.79 Å². The van der Waals surface area contributed by atoms with E-state index < -0.39 is 0 Å². The second-order valence-electron chi connectivity index (χ2n) is 2.52. The van der Waals surface area contributed by atoms with Gasteiger partial charge in [-0.2, -0.15) is 5.10 Å². The molecular formula is C8H7N3O2. The Bertz CT molecular complexity index is 430. The van der Waals surface area contributed by atoms with Gasteiger partial charge in [-0.25, -0.2) is 9.67 Å². The minimum absolute atomic E-state index is 0.274. The average molecular weight is 177 g/mol. The summed E-state index contributed by atoms with van der Waals surface area (Å²) < 4.78 is 6.52. The molecule has 0 aliphatic carbocycles. The van der Waals surface area contributed by atoms with Gasteiger partial charge in [0.1, 0.15) is 6.33 Å². The van der Waals surface area contributed by atoms with Crippen molar-refractivity contribution >= 4 is 6.29 Å². The standard InChI is InChI=1S/C8H7N3O2/c1-11-8(9-5-10-11)6-2-3-13-7(6)4-12/h2-5H,1H3. The highest BCUT2D eigenvalue weighted by Gasteiger charge is 2.11. The fraction of sp³-hybridized carbons (Fsp3) is 0.125. The number of hydrogen-bond donors (Lipinski definition) is 0. The van der Waals surface area contributed by atoms with Crippen LogP contribution in [0.1, 0.15) is 10.6 Å². The van der Waals surface area contributed by atoms with Gasteiger partial charge < -0.3 is 4.42 Å². The van der Waals surface area contributed by atoms with Crippen molar-refractivity contribution in [3.8, 4) is 11.4 Å². The van der Waals surface area contributed by atoms with Crippen LogP contribution in [0.15, 0.2) is 23.1 Å². The van der Waals surface area contributed by atoms with E-state index in [2.05, 4.69) is 10.1 Å². The zero-order chi connectivity index (χ0) is 9.26. The summed E-state index contributed by atoms with van der Waals surface area (Å²) in [6, 6.07) is 1.69. The molecule has 0 aliphatic heterocycles. The lowest BCUT2D eigenvalue weighted by Crippen LogP contribution is -1.95. The van der Waals surface area contributed by atoms with Gasteiger partial charge in [-0.15, -0.1) is 0 Å². The number of aromatic nitrogens is 3. The monoisotopic (exact) mass is 177 g/mol. The molecule has 0 spiro atoms. The first-order valence-corrected chi connectivity index (χ1v) is 3.70. The Morgan fingerprint density at radius 3 is 3.08 bits per heavy atom. The first-order valence-electron chi connectivity index (χ1n) is 3.70. The topological polar surface area (TPSA) is 60.9 Å². The summed E-state index contributed by atoms with van der Waals surface area (Å²) in [5.41, 5.74) is 0.662. The van der Waals surface area contributed by atoms with Crippen LogP contribution in [0.5, 0.6) is 0 Å². The fourth-order valence-electron chi connectivity index (χ4n) is 1.14. The molecule has 0 saturated carbocycles. The maximum Gasteiger partial charge on any atom is 0.186 e. The van der Waals surface area contributed by atoms with Gasteiger partial charge in [0.25, 0.3) is 0 Å². The highest BCUT2D eigenvalue weighted by Crippen LogP contribution is 2.20. The smallest absolute Gasteiger partial charge is 0.186 e. The fourth-order valence-corrected chi connectivity index (χ4v) is 1.14. The third-order valence-corrected chi connectivity index (χ3v) is 1.75. The van der Waals surface area contributed by atoms with Crippen LogP contribution >= 0.6 is 0 Å². The molecule has 5 heteroatoms. The van der Waals surface area contributed by atoms with E-state index in [9.17, 15) is 4.79 Å². The highest BCUT2D eigenvalue weighted by atomic mass is 16.3. The number of aryl methyl sites for hydroxylation is 1. The van der Waals surface area contributed by atoms with E-state index >= 15 is 0 Å². The highest BCUT2D eigenvalue weighted by molar-refractivity contribution is 5.81. The zero-order valence-electron chi connectivity index (χ0n) is 6.97. The summed E-state index contributed by atoms with van der Waals surface area (Å²) in [5.74, 6) is 0.895. The normalized spacial score (nSPS) is 10.2. The van der Waals surface area contributed by atoms with Crippen LogP contribution in [0.3, 0.4) is 0 Å². The van der Waals surface area contributed by atoms with Gasteiger partial charge in [-0.1, -0.05) is 0 Å². The molecule has 0 atom stereocenters. The number of aldehydes is 1. The Balaban J connectivity index is 2.58. The van der Waals surface area contributed by atoms with Gasteiger partial charge in [-0.05, 0) is 6.07 Å². The molecule has 2 aromatic rings. The lowest BCUT2D eigenvalue weighted by molar-refractivity contribution is 0.110. The predicted molar refractivity (Wildman–Crippen MR) is 44.1 cm³/mol. The number of carbonyl (C=O) groups is 1. The number of carbonyl (C=O) groups excluding carboxylic acids is 1. The van der Waals surface area contributed by atoms with Crippen molar-refractivity contribution in [1.29, 1.82) is 0 Å². The van der Waals surface area contributed by atoms with E-state index in [4.69, 9.17) is 4.42 Å². The largest absolute Gasteiger partial charge is 0.461 e. The summed E-state index contributed by atoms with van der Waals surface area (Å²) in [6.07, 6.45) is 3.54. The Morgan fingerprint density at radius 1 is 1.62 bits per heavy atom. The molecule has 66 valence electrons. The molecule has 0 saturated heterocycles. The van der Waals surface area contributed by atoms with Crippen molar-refractivity contribution in [3.05, 3.63) is 24.4 Å². The molecule has 5 nitrogen and oxygen atoms in total. The maximum atomic E-state index is 10.5. The molecule has 0 bridgehead atoms. The Hall–Kier alpha value is -1.91. The minimum Gasteiger partial charge on any atom is -0.461 e. The molecule has 0 radical (unpaired) electrons. The molecule has 0 fully saturated rings. The molecule has 0 aromatic carbocycles. The van der Waals surface area contributed by atoms with Gasteiger partial charge in [0.2, 0.25) is 0 Å². The molecule has 2 rings (SSSR count). The van der Waals surface area contributed by atoms with Crippen LogP contribution in [0.2, 0.25) is 0 Å². The van der Waals surface area contributed by atoms with Gasteiger partial charge in [0, 0.05) is 7.05 Å². The predicted octanol–water partition coefficient (Wildman–Crippen LogP) is 0.888. The van der Waals surface area contributed by atoms with Crippen LogP contribution in [0.4, 0.5) is 0 Å². The first kappa shape index (κ1) is 7.72.